The fourth-order valence-electron chi connectivity index (χ4n) is 2.22. The highest BCUT2D eigenvalue weighted by Gasteiger charge is 2.13. The predicted octanol–water partition coefficient (Wildman–Crippen LogP) is 4.10. The van der Waals surface area contributed by atoms with Crippen LogP contribution >= 0.6 is 0 Å². The van der Waals surface area contributed by atoms with Gasteiger partial charge >= 0.3 is 0 Å². The van der Waals surface area contributed by atoms with E-state index in [0.717, 1.165) is 5.56 Å². The Bertz CT molecular complexity index is 458. The van der Waals surface area contributed by atoms with Crippen LogP contribution in [-0.4, -0.2) is 7.05 Å². The number of hydrogen-bond acceptors (Lipinski definition) is 2. The van der Waals surface area contributed by atoms with Gasteiger partial charge < -0.3 is 9.73 Å². The van der Waals surface area contributed by atoms with E-state index in [1.165, 1.54) is 17.5 Å². The minimum absolute atomic E-state index is 0.203. The molecule has 2 rings (SSSR count). The molecule has 2 nitrogen and oxygen atoms in total. The molecule has 1 N–H and O–H groups in total. The van der Waals surface area contributed by atoms with Crippen molar-refractivity contribution in [2.75, 3.05) is 7.05 Å². The molecule has 0 saturated heterocycles. The van der Waals surface area contributed by atoms with Gasteiger partial charge in [0.15, 0.2) is 0 Å². The van der Waals surface area contributed by atoms with Crippen LogP contribution in [0.3, 0.4) is 0 Å². The van der Waals surface area contributed by atoms with Gasteiger partial charge in [0.1, 0.15) is 0 Å². The molecular weight excluding hydrogens is 222 g/mol. The third-order valence-electron chi connectivity index (χ3n) is 3.62. The molecule has 2 unspecified atom stereocenters. The van der Waals surface area contributed by atoms with Crippen LogP contribution in [0.4, 0.5) is 0 Å². The Kier molecular flexibility index (Phi) is 4.21. The van der Waals surface area contributed by atoms with E-state index in [2.05, 4.69) is 43.4 Å². The van der Waals surface area contributed by atoms with Gasteiger partial charge in [0.25, 0.3) is 0 Å². The lowest BCUT2D eigenvalue weighted by Crippen LogP contribution is -2.16. The lowest BCUT2D eigenvalue weighted by Gasteiger charge is -2.16. The second-order valence-electron chi connectivity index (χ2n) is 4.75. The van der Waals surface area contributed by atoms with E-state index in [9.17, 15) is 0 Å². The maximum Gasteiger partial charge on any atom is 0.0953 e. The van der Waals surface area contributed by atoms with Crippen molar-refractivity contribution >= 4 is 0 Å². The SMILES string of the molecule is CCC(C)c1ccc(C(NC)c2ccoc2)cc1. The van der Waals surface area contributed by atoms with Gasteiger partial charge in [-0.25, -0.2) is 0 Å². The van der Waals surface area contributed by atoms with Crippen molar-refractivity contribution in [3.8, 4) is 0 Å². The zero-order valence-electron chi connectivity index (χ0n) is 11.3. The Morgan fingerprint density at radius 2 is 1.72 bits per heavy atom. The molecule has 2 atom stereocenters. The van der Waals surface area contributed by atoms with Crippen LogP contribution in [0.1, 0.15) is 48.9 Å². The molecule has 0 aliphatic rings. The second kappa shape index (κ2) is 5.87. The standard InChI is InChI=1S/C16H21NO/c1-4-12(2)13-5-7-14(8-6-13)16(17-3)15-9-10-18-11-15/h5-12,16-17H,4H2,1-3H3. The van der Waals surface area contributed by atoms with Crippen LogP contribution in [-0.2, 0) is 0 Å². The van der Waals surface area contributed by atoms with Gasteiger partial charge in [-0.15, -0.1) is 0 Å². The molecule has 0 bridgehead atoms. The van der Waals surface area contributed by atoms with Crippen LogP contribution in [0.25, 0.3) is 0 Å². The first-order valence-corrected chi connectivity index (χ1v) is 6.55. The molecule has 2 heteroatoms. The molecule has 0 spiro atoms. The second-order valence-corrected chi connectivity index (χ2v) is 4.75. The third kappa shape index (κ3) is 2.65. The molecule has 18 heavy (non-hydrogen) atoms. The fraction of sp³-hybridized carbons (Fsp3) is 0.375. The molecule has 1 aromatic carbocycles. The number of hydrogen-bond donors (Lipinski definition) is 1. The van der Waals surface area contributed by atoms with Crippen molar-refractivity contribution in [2.45, 2.75) is 32.2 Å². The lowest BCUT2D eigenvalue weighted by molar-refractivity contribution is 0.557. The average molecular weight is 243 g/mol. The summed E-state index contributed by atoms with van der Waals surface area (Å²) in [7, 11) is 1.97. The normalized spacial score (nSPS) is 14.4. The van der Waals surface area contributed by atoms with E-state index in [4.69, 9.17) is 4.42 Å². The molecule has 0 aliphatic carbocycles. The maximum absolute atomic E-state index is 5.16. The van der Waals surface area contributed by atoms with E-state index in [0.29, 0.717) is 5.92 Å². The summed E-state index contributed by atoms with van der Waals surface area (Å²) < 4.78 is 5.16. The molecular formula is C16H21NO. The van der Waals surface area contributed by atoms with E-state index < -0.39 is 0 Å². The van der Waals surface area contributed by atoms with Crippen LogP contribution in [0.5, 0.6) is 0 Å². The van der Waals surface area contributed by atoms with Crippen LogP contribution in [0.2, 0.25) is 0 Å². The summed E-state index contributed by atoms with van der Waals surface area (Å²) in [5.41, 5.74) is 3.84. The lowest BCUT2D eigenvalue weighted by atomic mass is 9.94. The molecule has 0 aliphatic heterocycles. The third-order valence-corrected chi connectivity index (χ3v) is 3.62. The van der Waals surface area contributed by atoms with Crippen molar-refractivity contribution in [2.24, 2.45) is 0 Å². The smallest absolute Gasteiger partial charge is 0.0953 e. The van der Waals surface area contributed by atoms with Crippen molar-refractivity contribution < 1.29 is 4.42 Å². The summed E-state index contributed by atoms with van der Waals surface area (Å²) in [5.74, 6) is 0.626. The number of benzene rings is 1. The minimum atomic E-state index is 0.203. The fourth-order valence-corrected chi connectivity index (χ4v) is 2.22. The number of nitrogens with one attached hydrogen (secondary N) is 1. The Morgan fingerprint density at radius 3 is 2.22 bits per heavy atom. The van der Waals surface area contributed by atoms with E-state index in [1.807, 2.05) is 13.1 Å². The summed E-state index contributed by atoms with van der Waals surface area (Å²) in [6.45, 7) is 4.49. The van der Waals surface area contributed by atoms with Crippen LogP contribution < -0.4 is 5.32 Å². The Balaban J connectivity index is 2.22. The van der Waals surface area contributed by atoms with Crippen molar-refractivity contribution in [1.82, 2.24) is 5.32 Å². The van der Waals surface area contributed by atoms with Gasteiger partial charge in [0, 0.05) is 5.56 Å². The molecule has 2 aromatic rings. The Morgan fingerprint density at radius 1 is 1.06 bits per heavy atom. The van der Waals surface area contributed by atoms with E-state index in [1.54, 1.807) is 12.5 Å². The van der Waals surface area contributed by atoms with Crippen LogP contribution in [0.15, 0.2) is 47.3 Å². The minimum Gasteiger partial charge on any atom is -0.472 e. The Labute approximate surface area is 109 Å². The van der Waals surface area contributed by atoms with Crippen molar-refractivity contribution in [3.63, 3.8) is 0 Å². The Hall–Kier alpha value is -1.54. The summed E-state index contributed by atoms with van der Waals surface area (Å²) in [5, 5.41) is 3.32. The van der Waals surface area contributed by atoms with Crippen molar-refractivity contribution in [3.05, 3.63) is 59.5 Å². The quantitative estimate of drug-likeness (QED) is 0.855. The van der Waals surface area contributed by atoms with E-state index in [-0.39, 0.29) is 6.04 Å². The maximum atomic E-state index is 5.16. The highest BCUT2D eigenvalue weighted by Crippen LogP contribution is 2.25. The topological polar surface area (TPSA) is 25.2 Å². The summed E-state index contributed by atoms with van der Waals surface area (Å²) in [6.07, 6.45) is 4.69. The van der Waals surface area contributed by atoms with Crippen molar-refractivity contribution in [1.29, 1.82) is 0 Å². The number of rotatable bonds is 5. The van der Waals surface area contributed by atoms with E-state index >= 15 is 0 Å². The van der Waals surface area contributed by atoms with Gasteiger partial charge in [0.05, 0.1) is 18.6 Å². The largest absolute Gasteiger partial charge is 0.472 e. The zero-order valence-corrected chi connectivity index (χ0v) is 11.3. The van der Waals surface area contributed by atoms with Crippen LogP contribution in [0, 0.1) is 0 Å². The highest BCUT2D eigenvalue weighted by atomic mass is 16.3. The van der Waals surface area contributed by atoms with Gasteiger partial charge in [-0.3, -0.25) is 0 Å². The summed E-state index contributed by atoms with van der Waals surface area (Å²) in [6, 6.07) is 11.1. The molecule has 0 saturated carbocycles. The highest BCUT2D eigenvalue weighted by molar-refractivity contribution is 5.32. The average Bonchev–Trinajstić information content (AvgIpc) is 2.93. The zero-order chi connectivity index (χ0) is 13.0. The summed E-state index contributed by atoms with van der Waals surface area (Å²) >= 11 is 0. The molecule has 1 aromatic heterocycles. The first-order valence-electron chi connectivity index (χ1n) is 6.55. The van der Waals surface area contributed by atoms with Gasteiger partial charge in [-0.1, -0.05) is 38.1 Å². The number of furan rings is 1. The van der Waals surface area contributed by atoms with Gasteiger partial charge in [-0.2, -0.15) is 0 Å². The molecule has 0 amide bonds. The van der Waals surface area contributed by atoms with Gasteiger partial charge in [-0.05, 0) is 36.6 Å². The molecule has 96 valence electrons. The molecule has 0 radical (unpaired) electrons. The van der Waals surface area contributed by atoms with Gasteiger partial charge in [0.2, 0.25) is 0 Å². The first-order chi connectivity index (χ1) is 8.76. The summed E-state index contributed by atoms with van der Waals surface area (Å²) in [4.78, 5) is 0. The molecule has 0 fully saturated rings. The molecule has 1 heterocycles. The monoisotopic (exact) mass is 243 g/mol. The first kappa shape index (κ1) is 12.9. The predicted molar refractivity (Wildman–Crippen MR) is 74.8 cm³/mol.